The lowest BCUT2D eigenvalue weighted by atomic mass is 9.47. The summed E-state index contributed by atoms with van der Waals surface area (Å²) in [6, 6.07) is 0. The number of allylic oxidation sites excluding steroid dienone is 1. The molecule has 3 heteroatoms. The zero-order chi connectivity index (χ0) is 15.7. The number of rotatable bonds is 0. The third kappa shape index (κ3) is 1.73. The lowest BCUT2D eigenvalue weighted by Crippen LogP contribution is -2.53. The summed E-state index contributed by atoms with van der Waals surface area (Å²) in [6.07, 6.45) is 7.50. The van der Waals surface area contributed by atoms with Gasteiger partial charge < -0.3 is 10.2 Å². The van der Waals surface area contributed by atoms with E-state index < -0.39 is 12.2 Å². The number of aliphatic hydroxyl groups excluding tert-OH is 2. The summed E-state index contributed by atoms with van der Waals surface area (Å²) in [6.45, 7) is 4.49. The standard InChI is InChI=1S/C19H28O3/c1-18-10-8-15(20)17(22)14(18)4-3-11-12-5-6-16(21)19(12,2)9-7-13(11)18/h4,11-13,15,17,20,22H,3,5-10H2,1-2H3/t11-,12-,13-,15-,17+,18+,19-/m0/s1. The van der Waals surface area contributed by atoms with Crippen molar-refractivity contribution in [2.24, 2.45) is 28.6 Å². The maximum absolute atomic E-state index is 12.4. The van der Waals surface area contributed by atoms with E-state index in [2.05, 4.69) is 19.9 Å². The summed E-state index contributed by atoms with van der Waals surface area (Å²) in [5.41, 5.74) is 1.02. The van der Waals surface area contributed by atoms with Crippen LogP contribution in [0.4, 0.5) is 0 Å². The molecule has 2 N–H and O–H groups in total. The van der Waals surface area contributed by atoms with E-state index in [9.17, 15) is 15.0 Å². The number of aliphatic hydroxyl groups is 2. The van der Waals surface area contributed by atoms with E-state index in [1.165, 1.54) is 0 Å². The Labute approximate surface area is 132 Å². The molecule has 4 aliphatic rings. The molecule has 122 valence electrons. The third-order valence-corrected chi connectivity index (χ3v) is 7.88. The Kier molecular flexibility index (Phi) is 3.16. The first kappa shape index (κ1) is 14.9. The molecule has 3 saturated carbocycles. The average Bonchev–Trinajstić information content (AvgIpc) is 2.79. The van der Waals surface area contributed by atoms with E-state index in [1.807, 2.05) is 0 Å². The van der Waals surface area contributed by atoms with E-state index in [0.717, 1.165) is 44.1 Å². The molecule has 0 aliphatic heterocycles. The van der Waals surface area contributed by atoms with Gasteiger partial charge in [0.05, 0.1) is 6.10 Å². The van der Waals surface area contributed by atoms with Crippen molar-refractivity contribution >= 4 is 5.78 Å². The minimum absolute atomic E-state index is 0.0224. The van der Waals surface area contributed by atoms with Crippen LogP contribution in [0.2, 0.25) is 0 Å². The Bertz CT molecular complexity index is 539. The van der Waals surface area contributed by atoms with Crippen LogP contribution in [0.25, 0.3) is 0 Å². The number of fused-ring (bicyclic) bond motifs is 5. The van der Waals surface area contributed by atoms with Crippen LogP contribution in [0.3, 0.4) is 0 Å². The molecule has 0 unspecified atom stereocenters. The second kappa shape index (κ2) is 4.67. The molecule has 7 atom stereocenters. The minimum atomic E-state index is -0.682. The van der Waals surface area contributed by atoms with Gasteiger partial charge in [0.2, 0.25) is 0 Å². The van der Waals surface area contributed by atoms with Crippen LogP contribution in [0.1, 0.15) is 58.8 Å². The van der Waals surface area contributed by atoms with Crippen molar-refractivity contribution in [3.63, 3.8) is 0 Å². The molecular formula is C19H28O3. The highest BCUT2D eigenvalue weighted by atomic mass is 16.3. The molecule has 0 aromatic carbocycles. The second-order valence-corrected chi connectivity index (χ2v) is 8.66. The van der Waals surface area contributed by atoms with Crippen LogP contribution in [0, 0.1) is 28.6 Å². The number of carbonyl (C=O) groups is 1. The lowest BCUT2D eigenvalue weighted by molar-refractivity contribution is -0.132. The molecule has 0 amide bonds. The number of hydrogen-bond acceptors (Lipinski definition) is 3. The Morgan fingerprint density at radius 2 is 1.73 bits per heavy atom. The summed E-state index contributed by atoms with van der Waals surface area (Å²) in [5, 5.41) is 20.5. The van der Waals surface area contributed by atoms with Crippen LogP contribution >= 0.6 is 0 Å². The highest BCUT2D eigenvalue weighted by Gasteiger charge is 2.59. The van der Waals surface area contributed by atoms with Gasteiger partial charge in [0, 0.05) is 11.8 Å². The second-order valence-electron chi connectivity index (χ2n) is 8.66. The van der Waals surface area contributed by atoms with Gasteiger partial charge in [-0.1, -0.05) is 19.9 Å². The molecule has 3 fully saturated rings. The Balaban J connectivity index is 1.71. The fourth-order valence-electron chi connectivity index (χ4n) is 6.49. The maximum atomic E-state index is 12.4. The summed E-state index contributed by atoms with van der Waals surface area (Å²) in [7, 11) is 0. The first-order valence-corrected chi connectivity index (χ1v) is 8.98. The van der Waals surface area contributed by atoms with Gasteiger partial charge in [0.15, 0.2) is 0 Å². The topological polar surface area (TPSA) is 57.5 Å². The van der Waals surface area contributed by atoms with E-state index in [-0.39, 0.29) is 10.8 Å². The summed E-state index contributed by atoms with van der Waals surface area (Å²) in [4.78, 5) is 12.4. The van der Waals surface area contributed by atoms with Crippen LogP contribution in [0.15, 0.2) is 11.6 Å². The molecule has 0 heterocycles. The molecule has 0 spiro atoms. The van der Waals surface area contributed by atoms with E-state index >= 15 is 0 Å². The zero-order valence-corrected chi connectivity index (χ0v) is 13.7. The van der Waals surface area contributed by atoms with Crippen molar-refractivity contribution < 1.29 is 15.0 Å². The Morgan fingerprint density at radius 1 is 1.05 bits per heavy atom. The molecule has 0 aromatic heterocycles. The predicted octanol–water partition coefficient (Wildman–Crippen LogP) is 2.85. The highest BCUT2D eigenvalue weighted by molar-refractivity contribution is 5.87. The predicted molar refractivity (Wildman–Crippen MR) is 84.1 cm³/mol. The molecular weight excluding hydrogens is 276 g/mol. The number of ketones is 1. The van der Waals surface area contributed by atoms with Crippen LogP contribution in [0.5, 0.6) is 0 Å². The molecule has 22 heavy (non-hydrogen) atoms. The maximum Gasteiger partial charge on any atom is 0.139 e. The number of carbonyl (C=O) groups excluding carboxylic acids is 1. The van der Waals surface area contributed by atoms with E-state index in [1.54, 1.807) is 0 Å². The van der Waals surface area contributed by atoms with Crippen LogP contribution in [-0.4, -0.2) is 28.2 Å². The van der Waals surface area contributed by atoms with Gasteiger partial charge >= 0.3 is 0 Å². The molecule has 0 aromatic rings. The summed E-state index contributed by atoms with van der Waals surface area (Å²) >= 11 is 0. The number of hydrogen-bond donors (Lipinski definition) is 2. The fraction of sp³-hybridized carbons (Fsp3) is 0.842. The van der Waals surface area contributed by atoms with E-state index in [4.69, 9.17) is 0 Å². The molecule has 0 radical (unpaired) electrons. The quantitative estimate of drug-likeness (QED) is 0.677. The normalized spacial score (nSPS) is 54.3. The summed E-state index contributed by atoms with van der Waals surface area (Å²) in [5.74, 6) is 2.16. The van der Waals surface area contributed by atoms with Crippen molar-refractivity contribution in [2.45, 2.75) is 71.0 Å². The van der Waals surface area contributed by atoms with Crippen molar-refractivity contribution in [1.29, 1.82) is 0 Å². The van der Waals surface area contributed by atoms with Crippen LogP contribution in [-0.2, 0) is 4.79 Å². The van der Waals surface area contributed by atoms with Gasteiger partial charge in [-0.2, -0.15) is 0 Å². The van der Waals surface area contributed by atoms with E-state index in [0.29, 0.717) is 30.0 Å². The SMILES string of the molecule is C[C@]12CC[C@H](O)[C@H](O)C1=CC[C@@H]1[C@@H]2CC[C@]2(C)C(=O)CC[C@@H]12. The van der Waals surface area contributed by atoms with Crippen LogP contribution < -0.4 is 0 Å². The lowest BCUT2D eigenvalue weighted by Gasteiger charge is -2.57. The molecule has 4 rings (SSSR count). The Hall–Kier alpha value is -0.670. The van der Waals surface area contributed by atoms with Crippen molar-refractivity contribution in [3.05, 3.63) is 11.6 Å². The van der Waals surface area contributed by atoms with Crippen molar-refractivity contribution in [1.82, 2.24) is 0 Å². The number of Topliss-reactive ketones (excluding diaryl/α,β-unsaturated/α-hetero) is 1. The monoisotopic (exact) mass is 304 g/mol. The smallest absolute Gasteiger partial charge is 0.139 e. The van der Waals surface area contributed by atoms with Gasteiger partial charge in [-0.15, -0.1) is 0 Å². The van der Waals surface area contributed by atoms with Crippen molar-refractivity contribution in [3.8, 4) is 0 Å². The molecule has 4 aliphatic carbocycles. The Morgan fingerprint density at radius 3 is 2.50 bits per heavy atom. The van der Waals surface area contributed by atoms with Gasteiger partial charge in [0.1, 0.15) is 11.9 Å². The van der Waals surface area contributed by atoms with Gasteiger partial charge in [-0.05, 0) is 67.3 Å². The molecule has 3 nitrogen and oxygen atoms in total. The summed E-state index contributed by atoms with van der Waals surface area (Å²) < 4.78 is 0. The van der Waals surface area contributed by atoms with Crippen molar-refractivity contribution in [2.75, 3.05) is 0 Å². The van der Waals surface area contributed by atoms with Gasteiger partial charge in [-0.25, -0.2) is 0 Å². The first-order valence-electron chi connectivity index (χ1n) is 8.98. The average molecular weight is 304 g/mol. The fourth-order valence-corrected chi connectivity index (χ4v) is 6.49. The minimum Gasteiger partial charge on any atom is -0.390 e. The third-order valence-electron chi connectivity index (χ3n) is 7.88. The van der Waals surface area contributed by atoms with Gasteiger partial charge in [0.25, 0.3) is 0 Å². The zero-order valence-electron chi connectivity index (χ0n) is 13.7. The molecule has 0 saturated heterocycles. The highest BCUT2D eigenvalue weighted by Crippen LogP contribution is 2.63. The van der Waals surface area contributed by atoms with Gasteiger partial charge in [-0.3, -0.25) is 4.79 Å². The largest absolute Gasteiger partial charge is 0.390 e. The first-order chi connectivity index (χ1) is 10.4. The molecule has 0 bridgehead atoms.